The summed E-state index contributed by atoms with van der Waals surface area (Å²) < 4.78 is 0. The van der Waals surface area contributed by atoms with Crippen molar-refractivity contribution in [2.45, 2.75) is 0 Å². The lowest BCUT2D eigenvalue weighted by Gasteiger charge is -2.01. The standard InChI is InChI=1S/2C5H11N.C3H5NO.ClH/c2*1-4-5-6(2)3;1-2-3(4)5;/h2*4H,1,5H2,2-3H3;2H,1H2,(H2,4,5);1H. The average Bonchev–Trinajstić information content (AvgIpc) is 2.19. The van der Waals surface area contributed by atoms with E-state index in [1.165, 1.54) is 0 Å². The van der Waals surface area contributed by atoms with E-state index in [-0.39, 0.29) is 12.4 Å². The van der Waals surface area contributed by atoms with Gasteiger partial charge in [0.15, 0.2) is 0 Å². The number of nitrogens with zero attached hydrogens (tertiary/aromatic N) is 2. The zero-order valence-electron chi connectivity index (χ0n) is 12.1. The van der Waals surface area contributed by atoms with E-state index in [9.17, 15) is 4.79 Å². The normalized spacial score (nSPS) is 7.89. The van der Waals surface area contributed by atoms with Gasteiger partial charge in [-0.05, 0) is 34.3 Å². The molecular weight excluding hydrogens is 250 g/mol. The average molecular weight is 278 g/mol. The van der Waals surface area contributed by atoms with Gasteiger partial charge in [0, 0.05) is 13.1 Å². The summed E-state index contributed by atoms with van der Waals surface area (Å²) in [7, 11) is 8.06. The van der Waals surface area contributed by atoms with Gasteiger partial charge in [0.2, 0.25) is 5.91 Å². The van der Waals surface area contributed by atoms with Crippen LogP contribution in [0.25, 0.3) is 0 Å². The van der Waals surface area contributed by atoms with Crippen LogP contribution in [-0.2, 0) is 4.79 Å². The zero-order chi connectivity index (χ0) is 14.3. The Morgan fingerprint density at radius 1 is 1.00 bits per heavy atom. The van der Waals surface area contributed by atoms with Crippen molar-refractivity contribution < 1.29 is 4.79 Å². The van der Waals surface area contributed by atoms with Crippen molar-refractivity contribution in [3.8, 4) is 0 Å². The molecule has 0 saturated heterocycles. The van der Waals surface area contributed by atoms with Gasteiger partial charge in [0.25, 0.3) is 0 Å². The Balaban J connectivity index is -0.0000000799. The summed E-state index contributed by atoms with van der Waals surface area (Å²) in [4.78, 5) is 13.6. The van der Waals surface area contributed by atoms with Crippen LogP contribution < -0.4 is 5.73 Å². The first-order valence-electron chi connectivity index (χ1n) is 5.24. The maximum Gasteiger partial charge on any atom is 0.240 e. The first-order chi connectivity index (χ1) is 7.81. The minimum atomic E-state index is -0.481. The van der Waals surface area contributed by atoms with Crippen LogP contribution in [0.2, 0.25) is 0 Å². The van der Waals surface area contributed by atoms with Crippen molar-refractivity contribution in [2.75, 3.05) is 41.3 Å². The molecule has 0 heterocycles. The van der Waals surface area contributed by atoms with Crippen molar-refractivity contribution in [1.29, 1.82) is 0 Å². The van der Waals surface area contributed by atoms with Gasteiger partial charge in [-0.25, -0.2) is 0 Å². The molecule has 0 fully saturated rings. The summed E-state index contributed by atoms with van der Waals surface area (Å²) in [6.07, 6.45) is 4.81. The van der Waals surface area contributed by atoms with Gasteiger partial charge in [-0.15, -0.1) is 25.6 Å². The molecule has 0 aromatic rings. The molecule has 0 atom stereocenters. The topological polar surface area (TPSA) is 49.6 Å². The minimum absolute atomic E-state index is 0. The summed E-state index contributed by atoms with van der Waals surface area (Å²) in [5.74, 6) is -0.481. The molecule has 5 heteroatoms. The fraction of sp³-hybridized carbons (Fsp3) is 0.462. The second-order valence-electron chi connectivity index (χ2n) is 3.71. The Bertz CT molecular complexity index is 202. The predicted molar refractivity (Wildman–Crippen MR) is 84.1 cm³/mol. The lowest BCUT2D eigenvalue weighted by molar-refractivity contribution is -0.113. The Labute approximate surface area is 118 Å². The molecule has 0 aromatic heterocycles. The van der Waals surface area contributed by atoms with Crippen molar-refractivity contribution in [1.82, 2.24) is 9.80 Å². The summed E-state index contributed by atoms with van der Waals surface area (Å²) >= 11 is 0. The van der Waals surface area contributed by atoms with Gasteiger partial charge in [-0.1, -0.05) is 18.7 Å². The monoisotopic (exact) mass is 277 g/mol. The maximum atomic E-state index is 9.47. The maximum absolute atomic E-state index is 9.47. The largest absolute Gasteiger partial charge is 0.366 e. The van der Waals surface area contributed by atoms with Crippen LogP contribution in [0.15, 0.2) is 38.0 Å². The number of carbonyl (C=O) groups excluding carboxylic acids is 1. The number of primary amides is 1. The Morgan fingerprint density at radius 2 is 1.22 bits per heavy atom. The highest BCUT2D eigenvalue weighted by atomic mass is 35.5. The highest BCUT2D eigenvalue weighted by molar-refractivity contribution is 5.85. The number of halogens is 1. The third kappa shape index (κ3) is 60.5. The molecule has 0 saturated carbocycles. The molecule has 4 nitrogen and oxygen atoms in total. The van der Waals surface area contributed by atoms with Crippen LogP contribution >= 0.6 is 12.4 Å². The van der Waals surface area contributed by atoms with E-state index in [0.29, 0.717) is 0 Å². The van der Waals surface area contributed by atoms with E-state index in [1.54, 1.807) is 0 Å². The number of amides is 1. The van der Waals surface area contributed by atoms with Crippen LogP contribution in [0.1, 0.15) is 0 Å². The second kappa shape index (κ2) is 21.2. The number of hydrogen-bond acceptors (Lipinski definition) is 3. The highest BCUT2D eigenvalue weighted by Crippen LogP contribution is 1.69. The van der Waals surface area contributed by atoms with Gasteiger partial charge in [0.05, 0.1) is 0 Å². The van der Waals surface area contributed by atoms with Gasteiger partial charge >= 0.3 is 0 Å². The minimum Gasteiger partial charge on any atom is -0.366 e. The molecule has 18 heavy (non-hydrogen) atoms. The van der Waals surface area contributed by atoms with Gasteiger partial charge < -0.3 is 15.5 Å². The molecule has 0 spiro atoms. The van der Waals surface area contributed by atoms with E-state index in [1.807, 2.05) is 40.3 Å². The molecule has 0 aliphatic carbocycles. The Kier molecular flexibility index (Phi) is 30.3. The smallest absolute Gasteiger partial charge is 0.240 e. The fourth-order valence-corrected chi connectivity index (χ4v) is 0.516. The summed E-state index contributed by atoms with van der Waals surface area (Å²) in [6.45, 7) is 12.1. The quantitative estimate of drug-likeness (QED) is 0.613. The molecule has 2 N–H and O–H groups in total. The van der Waals surface area contributed by atoms with Crippen molar-refractivity contribution in [3.63, 3.8) is 0 Å². The fourth-order valence-electron chi connectivity index (χ4n) is 0.516. The molecule has 0 radical (unpaired) electrons. The summed E-state index contributed by atoms with van der Waals surface area (Å²) in [6, 6.07) is 0. The molecular formula is C13H28ClN3O. The molecule has 0 bridgehead atoms. The van der Waals surface area contributed by atoms with E-state index < -0.39 is 5.91 Å². The van der Waals surface area contributed by atoms with Crippen LogP contribution in [0.5, 0.6) is 0 Å². The molecule has 1 amide bonds. The lowest BCUT2D eigenvalue weighted by Crippen LogP contribution is -2.09. The van der Waals surface area contributed by atoms with Crippen molar-refractivity contribution in [2.24, 2.45) is 5.73 Å². The predicted octanol–water partition coefficient (Wildman–Crippen LogP) is 1.55. The molecule has 108 valence electrons. The van der Waals surface area contributed by atoms with Gasteiger partial charge in [-0.2, -0.15) is 0 Å². The number of likely N-dealkylation sites (N-methyl/N-ethyl adjacent to an activating group) is 2. The first kappa shape index (κ1) is 25.7. The Morgan fingerprint density at radius 3 is 1.22 bits per heavy atom. The number of nitrogens with two attached hydrogens (primary N) is 1. The summed E-state index contributed by atoms with van der Waals surface area (Å²) in [5.41, 5.74) is 4.53. The Hall–Kier alpha value is -1.10. The number of rotatable bonds is 5. The van der Waals surface area contributed by atoms with Crippen LogP contribution in [0.3, 0.4) is 0 Å². The third-order valence-electron chi connectivity index (χ3n) is 1.19. The van der Waals surface area contributed by atoms with Crippen molar-refractivity contribution >= 4 is 18.3 Å². The first-order valence-corrected chi connectivity index (χ1v) is 5.24. The molecule has 0 aliphatic rings. The van der Waals surface area contributed by atoms with Crippen LogP contribution in [0.4, 0.5) is 0 Å². The molecule has 0 unspecified atom stereocenters. The van der Waals surface area contributed by atoms with Crippen LogP contribution in [0, 0.1) is 0 Å². The summed E-state index contributed by atoms with van der Waals surface area (Å²) in [5, 5.41) is 0. The zero-order valence-corrected chi connectivity index (χ0v) is 12.9. The lowest BCUT2D eigenvalue weighted by atomic mass is 10.6. The van der Waals surface area contributed by atoms with Gasteiger partial charge in [-0.3, -0.25) is 4.79 Å². The third-order valence-corrected chi connectivity index (χ3v) is 1.19. The SMILES string of the molecule is C=CC(N)=O.C=CCN(C)C.C=CCN(C)C.Cl. The van der Waals surface area contributed by atoms with E-state index in [0.717, 1.165) is 19.2 Å². The molecule has 0 aromatic carbocycles. The van der Waals surface area contributed by atoms with Crippen LogP contribution in [-0.4, -0.2) is 57.0 Å². The number of carbonyl (C=O) groups is 1. The van der Waals surface area contributed by atoms with E-state index in [2.05, 4.69) is 35.3 Å². The van der Waals surface area contributed by atoms with E-state index in [4.69, 9.17) is 0 Å². The molecule has 0 rings (SSSR count). The van der Waals surface area contributed by atoms with Gasteiger partial charge in [0.1, 0.15) is 0 Å². The second-order valence-corrected chi connectivity index (χ2v) is 3.71. The highest BCUT2D eigenvalue weighted by Gasteiger charge is 1.76. The van der Waals surface area contributed by atoms with E-state index >= 15 is 0 Å². The molecule has 0 aliphatic heterocycles. The number of hydrogen-bond donors (Lipinski definition) is 1. The van der Waals surface area contributed by atoms with Crippen molar-refractivity contribution in [3.05, 3.63) is 38.0 Å².